The van der Waals surface area contributed by atoms with Gasteiger partial charge >= 0.3 is 5.69 Å². The zero-order valence-corrected chi connectivity index (χ0v) is 9.28. The molecule has 0 saturated heterocycles. The number of alkyl halides is 3. The highest BCUT2D eigenvalue weighted by molar-refractivity contribution is 6.66. The number of nitrogens with zero attached hydrogens (tertiary/aromatic N) is 2. The van der Waals surface area contributed by atoms with Gasteiger partial charge in [-0.2, -0.15) is 4.98 Å². The Balaban J connectivity index is 3.41. The zero-order valence-electron chi connectivity index (χ0n) is 7.01. The van der Waals surface area contributed by atoms with E-state index in [4.69, 9.17) is 34.8 Å². The summed E-state index contributed by atoms with van der Waals surface area (Å²) in [7, 11) is 1.59. The fraction of sp³-hybridized carbons (Fsp3) is 0.429. The molecule has 0 aliphatic rings. The second-order valence-electron chi connectivity index (χ2n) is 2.66. The molecule has 0 saturated carbocycles. The minimum absolute atomic E-state index is 0.181. The number of aryl methyl sites for hydroxylation is 2. The van der Waals surface area contributed by atoms with Gasteiger partial charge in [0.1, 0.15) is 5.69 Å². The summed E-state index contributed by atoms with van der Waals surface area (Å²) in [5, 5.41) is 0. The maximum atomic E-state index is 11.1. The van der Waals surface area contributed by atoms with Gasteiger partial charge in [0.25, 0.3) is 0 Å². The van der Waals surface area contributed by atoms with Gasteiger partial charge in [-0.15, -0.1) is 0 Å². The Hall–Kier alpha value is -0.250. The molecule has 0 aromatic carbocycles. The van der Waals surface area contributed by atoms with E-state index in [1.807, 2.05) is 0 Å². The molecule has 1 heterocycles. The van der Waals surface area contributed by atoms with Gasteiger partial charge < -0.3 is 4.57 Å². The van der Waals surface area contributed by atoms with Crippen LogP contribution in [0, 0.1) is 6.92 Å². The van der Waals surface area contributed by atoms with Gasteiger partial charge in [-0.1, -0.05) is 34.8 Å². The Morgan fingerprint density at radius 2 is 2.00 bits per heavy atom. The second kappa shape index (κ2) is 3.48. The van der Waals surface area contributed by atoms with Crippen molar-refractivity contribution in [2.75, 3.05) is 0 Å². The van der Waals surface area contributed by atoms with E-state index in [1.165, 1.54) is 4.57 Å². The van der Waals surface area contributed by atoms with Crippen LogP contribution in [-0.4, -0.2) is 9.55 Å². The van der Waals surface area contributed by atoms with Crippen LogP contribution in [0.1, 0.15) is 11.3 Å². The molecular weight excluding hydrogens is 234 g/mol. The van der Waals surface area contributed by atoms with Crippen molar-refractivity contribution in [3.8, 4) is 0 Å². The summed E-state index contributed by atoms with van der Waals surface area (Å²) in [5.74, 6) is 0. The fourth-order valence-corrected chi connectivity index (χ4v) is 1.53. The monoisotopic (exact) mass is 240 g/mol. The van der Waals surface area contributed by atoms with Gasteiger partial charge in [-0.05, 0) is 12.5 Å². The molecule has 13 heavy (non-hydrogen) atoms. The molecule has 0 fully saturated rings. The molecule has 0 radical (unpaired) electrons. The smallest absolute Gasteiger partial charge is 0.302 e. The first kappa shape index (κ1) is 10.8. The van der Waals surface area contributed by atoms with Crippen molar-refractivity contribution in [3.05, 3.63) is 27.9 Å². The van der Waals surface area contributed by atoms with Crippen molar-refractivity contribution >= 4 is 34.8 Å². The van der Waals surface area contributed by atoms with Crippen LogP contribution < -0.4 is 5.69 Å². The van der Waals surface area contributed by atoms with Crippen molar-refractivity contribution in [1.29, 1.82) is 0 Å². The molecule has 1 rings (SSSR count). The molecule has 0 unspecified atom stereocenters. The lowest BCUT2D eigenvalue weighted by Crippen LogP contribution is -2.24. The van der Waals surface area contributed by atoms with Gasteiger partial charge in [0.2, 0.25) is 3.79 Å². The van der Waals surface area contributed by atoms with Crippen molar-refractivity contribution in [1.82, 2.24) is 9.55 Å². The quantitative estimate of drug-likeness (QED) is 0.651. The summed E-state index contributed by atoms with van der Waals surface area (Å²) in [6.07, 6.45) is 1.58. The van der Waals surface area contributed by atoms with E-state index in [0.717, 1.165) is 0 Å². The number of rotatable bonds is 0. The van der Waals surface area contributed by atoms with Crippen LogP contribution >= 0.6 is 34.8 Å². The largest absolute Gasteiger partial charge is 0.347 e. The molecule has 0 N–H and O–H groups in total. The molecule has 3 nitrogen and oxygen atoms in total. The Morgan fingerprint density at radius 3 is 2.46 bits per heavy atom. The lowest BCUT2D eigenvalue weighted by Gasteiger charge is -2.12. The molecule has 1 aromatic heterocycles. The Kier molecular flexibility index (Phi) is 2.90. The molecule has 0 bridgehead atoms. The van der Waals surface area contributed by atoms with Crippen LogP contribution in [0.5, 0.6) is 0 Å². The molecular formula is C7H7Cl3N2O. The van der Waals surface area contributed by atoms with Crippen molar-refractivity contribution in [2.24, 2.45) is 7.05 Å². The molecule has 0 aliphatic heterocycles. The Bertz CT molecular complexity index is 380. The van der Waals surface area contributed by atoms with Gasteiger partial charge in [-0.25, -0.2) is 4.79 Å². The second-order valence-corrected chi connectivity index (χ2v) is 4.94. The SMILES string of the molecule is Cc1cn(C)c(=O)nc1C(Cl)(Cl)Cl. The van der Waals surface area contributed by atoms with E-state index in [0.29, 0.717) is 5.56 Å². The van der Waals surface area contributed by atoms with Crippen LogP contribution in [-0.2, 0) is 10.8 Å². The molecule has 0 aliphatic carbocycles. The number of aromatic nitrogens is 2. The minimum atomic E-state index is -1.64. The number of hydrogen-bond donors (Lipinski definition) is 0. The normalized spacial score (nSPS) is 11.8. The average molecular weight is 242 g/mol. The summed E-state index contributed by atoms with van der Waals surface area (Å²) in [4.78, 5) is 14.8. The fourth-order valence-electron chi connectivity index (χ4n) is 0.956. The summed E-state index contributed by atoms with van der Waals surface area (Å²) in [6, 6.07) is 0. The maximum Gasteiger partial charge on any atom is 0.347 e. The summed E-state index contributed by atoms with van der Waals surface area (Å²) in [5.41, 5.74) is 0.412. The third-order valence-corrected chi connectivity index (χ3v) is 2.08. The van der Waals surface area contributed by atoms with Gasteiger partial charge in [0.15, 0.2) is 0 Å². The van der Waals surface area contributed by atoms with E-state index in [1.54, 1.807) is 20.2 Å². The van der Waals surface area contributed by atoms with Crippen LogP contribution in [0.3, 0.4) is 0 Å². The van der Waals surface area contributed by atoms with E-state index in [-0.39, 0.29) is 5.69 Å². The van der Waals surface area contributed by atoms with Crippen LogP contribution in [0.15, 0.2) is 11.0 Å². The number of hydrogen-bond acceptors (Lipinski definition) is 2. The molecule has 0 atom stereocenters. The first-order valence-electron chi connectivity index (χ1n) is 3.44. The Morgan fingerprint density at radius 1 is 1.46 bits per heavy atom. The van der Waals surface area contributed by atoms with E-state index >= 15 is 0 Å². The summed E-state index contributed by atoms with van der Waals surface area (Å²) < 4.78 is -0.313. The predicted molar refractivity (Wildman–Crippen MR) is 53.5 cm³/mol. The topological polar surface area (TPSA) is 34.9 Å². The first-order chi connectivity index (χ1) is 5.82. The summed E-state index contributed by atoms with van der Waals surface area (Å²) in [6.45, 7) is 1.73. The first-order valence-corrected chi connectivity index (χ1v) is 4.57. The standard InChI is InChI=1S/C7H7Cl3N2O/c1-4-3-12(2)6(13)11-5(4)7(8,9)10/h3H,1-2H3. The van der Waals surface area contributed by atoms with E-state index in [9.17, 15) is 4.79 Å². The van der Waals surface area contributed by atoms with Crippen LogP contribution in [0.4, 0.5) is 0 Å². The highest BCUT2D eigenvalue weighted by atomic mass is 35.6. The lowest BCUT2D eigenvalue weighted by molar-refractivity contribution is 0.778. The molecule has 72 valence electrons. The molecule has 0 amide bonds. The van der Waals surface area contributed by atoms with Crippen molar-refractivity contribution < 1.29 is 0 Å². The lowest BCUT2D eigenvalue weighted by atomic mass is 10.3. The van der Waals surface area contributed by atoms with Crippen LogP contribution in [0.25, 0.3) is 0 Å². The third kappa shape index (κ3) is 2.36. The highest BCUT2D eigenvalue weighted by Gasteiger charge is 2.27. The zero-order chi connectivity index (χ0) is 10.2. The average Bonchev–Trinajstić information content (AvgIpc) is 1.94. The molecule has 1 aromatic rings. The number of halogens is 3. The van der Waals surface area contributed by atoms with Crippen LogP contribution in [0.2, 0.25) is 0 Å². The van der Waals surface area contributed by atoms with Gasteiger partial charge in [-0.3, -0.25) is 0 Å². The van der Waals surface area contributed by atoms with Gasteiger partial charge in [0, 0.05) is 13.2 Å². The Labute approximate surface area is 90.2 Å². The molecule has 0 spiro atoms. The maximum absolute atomic E-state index is 11.1. The predicted octanol–water partition coefficient (Wildman–Crippen LogP) is 1.92. The van der Waals surface area contributed by atoms with Gasteiger partial charge in [0.05, 0.1) is 0 Å². The highest BCUT2D eigenvalue weighted by Crippen LogP contribution is 2.37. The van der Waals surface area contributed by atoms with Crippen molar-refractivity contribution in [3.63, 3.8) is 0 Å². The summed E-state index contributed by atoms with van der Waals surface area (Å²) >= 11 is 16.8. The van der Waals surface area contributed by atoms with E-state index < -0.39 is 9.48 Å². The minimum Gasteiger partial charge on any atom is -0.302 e. The third-order valence-electron chi connectivity index (χ3n) is 1.54. The van der Waals surface area contributed by atoms with E-state index in [2.05, 4.69) is 4.98 Å². The molecule has 6 heteroatoms. The van der Waals surface area contributed by atoms with Crippen molar-refractivity contribution in [2.45, 2.75) is 10.7 Å².